The van der Waals surface area contributed by atoms with Crippen LogP contribution in [0, 0.1) is 6.92 Å². The number of benzene rings is 2. The summed E-state index contributed by atoms with van der Waals surface area (Å²) in [6, 6.07) is 24.2. The third kappa shape index (κ3) is 3.25. The van der Waals surface area contributed by atoms with Crippen molar-refractivity contribution in [3.8, 4) is 11.1 Å². The predicted octanol–water partition coefficient (Wildman–Crippen LogP) is 5.03. The third-order valence-corrected chi connectivity index (χ3v) is 4.96. The molecular weight excluding hydrogens is 320 g/mol. The van der Waals surface area contributed by atoms with Gasteiger partial charge in [0.1, 0.15) is 0 Å². The summed E-state index contributed by atoms with van der Waals surface area (Å²) in [5.74, 6) is 0.0951. The van der Waals surface area contributed by atoms with Gasteiger partial charge in [-0.2, -0.15) is 0 Å². The van der Waals surface area contributed by atoms with E-state index in [1.807, 2.05) is 60.4 Å². The van der Waals surface area contributed by atoms with Crippen molar-refractivity contribution in [3.63, 3.8) is 0 Å². The molecule has 4 rings (SSSR count). The molecule has 0 aliphatic carbocycles. The Labute approximate surface area is 154 Å². The number of aromatic nitrogens is 1. The van der Waals surface area contributed by atoms with Crippen molar-refractivity contribution in [1.29, 1.82) is 0 Å². The van der Waals surface area contributed by atoms with Crippen LogP contribution in [0.15, 0.2) is 72.8 Å². The molecule has 1 aromatic heterocycles. The van der Waals surface area contributed by atoms with Gasteiger partial charge in [-0.1, -0.05) is 48.5 Å². The number of rotatable bonds is 3. The monoisotopic (exact) mass is 342 g/mol. The van der Waals surface area contributed by atoms with Gasteiger partial charge >= 0.3 is 0 Å². The number of aryl methyl sites for hydroxylation is 1. The second-order valence-corrected chi connectivity index (χ2v) is 6.81. The molecule has 1 fully saturated rings. The van der Waals surface area contributed by atoms with Crippen molar-refractivity contribution in [3.05, 3.63) is 89.7 Å². The molecule has 0 unspecified atom stereocenters. The van der Waals surface area contributed by atoms with Crippen LogP contribution in [0.1, 0.15) is 40.6 Å². The minimum atomic E-state index is 0.0464. The molecule has 2 aromatic carbocycles. The van der Waals surface area contributed by atoms with Gasteiger partial charge in [0.15, 0.2) is 0 Å². The van der Waals surface area contributed by atoms with Gasteiger partial charge in [0.05, 0.1) is 11.7 Å². The molecule has 0 radical (unpaired) electrons. The van der Waals surface area contributed by atoms with E-state index in [-0.39, 0.29) is 11.9 Å². The van der Waals surface area contributed by atoms with E-state index >= 15 is 0 Å². The number of carbonyl (C=O) groups is 1. The van der Waals surface area contributed by atoms with Crippen molar-refractivity contribution >= 4 is 5.91 Å². The zero-order valence-electron chi connectivity index (χ0n) is 14.9. The summed E-state index contributed by atoms with van der Waals surface area (Å²) in [4.78, 5) is 19.7. The lowest BCUT2D eigenvalue weighted by Crippen LogP contribution is -2.31. The molecule has 1 saturated heterocycles. The van der Waals surface area contributed by atoms with Crippen LogP contribution in [-0.2, 0) is 0 Å². The maximum Gasteiger partial charge on any atom is 0.254 e. The minimum Gasteiger partial charge on any atom is -0.330 e. The lowest BCUT2D eigenvalue weighted by molar-refractivity contribution is 0.0733. The fraction of sp³-hybridized carbons (Fsp3) is 0.217. The smallest absolute Gasteiger partial charge is 0.254 e. The second-order valence-electron chi connectivity index (χ2n) is 6.81. The Morgan fingerprint density at radius 3 is 2.38 bits per heavy atom. The Morgan fingerprint density at radius 2 is 1.65 bits per heavy atom. The van der Waals surface area contributed by atoms with Gasteiger partial charge in [-0.3, -0.25) is 9.78 Å². The fourth-order valence-corrected chi connectivity index (χ4v) is 3.73. The fourth-order valence-electron chi connectivity index (χ4n) is 3.73. The van der Waals surface area contributed by atoms with E-state index in [0.29, 0.717) is 0 Å². The molecule has 0 bridgehead atoms. The lowest BCUT2D eigenvalue weighted by Gasteiger charge is -2.25. The number of carbonyl (C=O) groups excluding carboxylic acids is 1. The van der Waals surface area contributed by atoms with Crippen LogP contribution < -0.4 is 0 Å². The van der Waals surface area contributed by atoms with E-state index in [4.69, 9.17) is 4.98 Å². The van der Waals surface area contributed by atoms with Gasteiger partial charge in [0.25, 0.3) is 5.91 Å². The first-order valence-corrected chi connectivity index (χ1v) is 9.12. The number of hydrogen-bond donors (Lipinski definition) is 0. The maximum atomic E-state index is 13.0. The van der Waals surface area contributed by atoms with Gasteiger partial charge in [-0.05, 0) is 55.2 Å². The highest BCUT2D eigenvalue weighted by Gasteiger charge is 2.31. The number of amides is 1. The molecule has 1 aliphatic rings. The molecule has 3 heteroatoms. The number of nitrogens with zero attached hydrogens (tertiary/aromatic N) is 2. The molecular formula is C23H22N2O. The second kappa shape index (κ2) is 7.12. The Balaban J connectivity index is 1.68. The minimum absolute atomic E-state index is 0.0464. The third-order valence-electron chi connectivity index (χ3n) is 4.96. The van der Waals surface area contributed by atoms with Gasteiger partial charge in [-0.15, -0.1) is 0 Å². The van der Waals surface area contributed by atoms with Crippen LogP contribution >= 0.6 is 0 Å². The summed E-state index contributed by atoms with van der Waals surface area (Å²) in [6.45, 7) is 2.81. The zero-order chi connectivity index (χ0) is 17.9. The quantitative estimate of drug-likeness (QED) is 0.668. The van der Waals surface area contributed by atoms with Crippen LogP contribution in [0.3, 0.4) is 0 Å². The summed E-state index contributed by atoms with van der Waals surface area (Å²) < 4.78 is 0. The molecule has 0 saturated carbocycles. The molecule has 3 nitrogen and oxygen atoms in total. The van der Waals surface area contributed by atoms with E-state index in [2.05, 4.69) is 24.3 Å². The first kappa shape index (κ1) is 16.5. The van der Waals surface area contributed by atoms with Crippen molar-refractivity contribution in [2.45, 2.75) is 25.8 Å². The largest absolute Gasteiger partial charge is 0.330 e. The lowest BCUT2D eigenvalue weighted by atomic mass is 10.0. The van der Waals surface area contributed by atoms with E-state index in [1.54, 1.807) is 0 Å². The molecule has 26 heavy (non-hydrogen) atoms. The van der Waals surface area contributed by atoms with E-state index < -0.39 is 0 Å². The van der Waals surface area contributed by atoms with E-state index in [9.17, 15) is 4.79 Å². The topological polar surface area (TPSA) is 33.2 Å². The summed E-state index contributed by atoms with van der Waals surface area (Å²) in [5, 5.41) is 0. The normalized spacial score (nSPS) is 16.7. The molecule has 1 amide bonds. The highest BCUT2D eigenvalue weighted by molar-refractivity contribution is 5.94. The Hall–Kier alpha value is -2.94. The van der Waals surface area contributed by atoms with Crippen LogP contribution in [-0.4, -0.2) is 22.3 Å². The standard InChI is InChI=1S/C23H22N2O/c1-17-15-20(18-9-4-2-5-10-18)16-21(24-17)22-13-8-14-25(22)23(26)19-11-6-3-7-12-19/h2-7,9-12,15-16,22H,8,13-14H2,1H3/t22-/m0/s1. The van der Waals surface area contributed by atoms with Crippen molar-refractivity contribution in [2.24, 2.45) is 0 Å². The van der Waals surface area contributed by atoms with Gasteiger partial charge in [0, 0.05) is 17.8 Å². The molecule has 2 heterocycles. The predicted molar refractivity (Wildman–Crippen MR) is 104 cm³/mol. The Morgan fingerprint density at radius 1 is 0.962 bits per heavy atom. The highest BCUT2D eigenvalue weighted by atomic mass is 16.2. The average Bonchev–Trinajstić information content (AvgIpc) is 3.18. The first-order valence-electron chi connectivity index (χ1n) is 9.12. The first-order chi connectivity index (χ1) is 12.7. The van der Waals surface area contributed by atoms with Crippen LogP contribution in [0.5, 0.6) is 0 Å². The van der Waals surface area contributed by atoms with Crippen molar-refractivity contribution < 1.29 is 4.79 Å². The van der Waals surface area contributed by atoms with Crippen LogP contribution in [0.4, 0.5) is 0 Å². The number of pyridine rings is 1. The number of likely N-dealkylation sites (tertiary alicyclic amines) is 1. The van der Waals surface area contributed by atoms with E-state index in [0.717, 1.165) is 41.9 Å². The summed E-state index contributed by atoms with van der Waals surface area (Å²) >= 11 is 0. The van der Waals surface area contributed by atoms with Crippen LogP contribution in [0.25, 0.3) is 11.1 Å². The molecule has 1 aliphatic heterocycles. The zero-order valence-corrected chi connectivity index (χ0v) is 14.9. The molecule has 1 atom stereocenters. The van der Waals surface area contributed by atoms with Crippen molar-refractivity contribution in [2.75, 3.05) is 6.54 Å². The van der Waals surface area contributed by atoms with Gasteiger partial charge < -0.3 is 4.90 Å². The Bertz CT molecular complexity index is 906. The van der Waals surface area contributed by atoms with Gasteiger partial charge in [-0.25, -0.2) is 0 Å². The Kier molecular flexibility index (Phi) is 4.53. The molecule has 0 N–H and O–H groups in total. The van der Waals surface area contributed by atoms with Gasteiger partial charge in [0.2, 0.25) is 0 Å². The summed E-state index contributed by atoms with van der Waals surface area (Å²) in [7, 11) is 0. The summed E-state index contributed by atoms with van der Waals surface area (Å²) in [5.41, 5.74) is 5.06. The molecule has 0 spiro atoms. The van der Waals surface area contributed by atoms with Crippen LogP contribution in [0.2, 0.25) is 0 Å². The van der Waals surface area contributed by atoms with Crippen molar-refractivity contribution in [1.82, 2.24) is 9.88 Å². The summed E-state index contributed by atoms with van der Waals surface area (Å²) in [6.07, 6.45) is 1.97. The maximum absolute atomic E-state index is 13.0. The SMILES string of the molecule is Cc1cc(-c2ccccc2)cc([C@@H]2CCCN2C(=O)c2ccccc2)n1. The molecule has 3 aromatic rings. The average molecular weight is 342 g/mol. The number of hydrogen-bond acceptors (Lipinski definition) is 2. The molecule has 130 valence electrons. The highest BCUT2D eigenvalue weighted by Crippen LogP contribution is 2.34. The van der Waals surface area contributed by atoms with E-state index in [1.165, 1.54) is 5.56 Å².